The summed E-state index contributed by atoms with van der Waals surface area (Å²) >= 11 is 0. The average Bonchev–Trinajstić information content (AvgIpc) is 3.49. The van der Waals surface area contributed by atoms with Crippen molar-refractivity contribution in [2.24, 2.45) is 0 Å². The van der Waals surface area contributed by atoms with Gasteiger partial charge in [0, 0.05) is 24.5 Å². The summed E-state index contributed by atoms with van der Waals surface area (Å²) in [6.07, 6.45) is 2.76. The number of carbonyl (C=O) groups is 3. The van der Waals surface area contributed by atoms with E-state index in [2.05, 4.69) is 15.6 Å². The number of carbonyl (C=O) groups excluding carboxylic acids is 3. The van der Waals surface area contributed by atoms with Gasteiger partial charge in [-0.15, -0.1) is 0 Å². The Balaban J connectivity index is 1.16. The van der Waals surface area contributed by atoms with E-state index in [9.17, 15) is 19.2 Å². The summed E-state index contributed by atoms with van der Waals surface area (Å²) in [6, 6.07) is 14.8. The molecule has 2 aromatic heterocycles. The lowest BCUT2D eigenvalue weighted by molar-refractivity contribution is -0.121. The van der Waals surface area contributed by atoms with Gasteiger partial charge in [-0.2, -0.15) is 0 Å². The van der Waals surface area contributed by atoms with Crippen LogP contribution in [-0.2, 0) is 45.7 Å². The minimum Gasteiger partial charge on any atom is -0.325 e. The third-order valence-corrected chi connectivity index (χ3v) is 7.81. The molecule has 0 fully saturated rings. The predicted molar refractivity (Wildman–Crippen MR) is 137 cm³/mol. The van der Waals surface area contributed by atoms with Crippen molar-refractivity contribution in [2.45, 2.75) is 31.3 Å². The van der Waals surface area contributed by atoms with Gasteiger partial charge in [-0.3, -0.25) is 23.5 Å². The fourth-order valence-corrected chi connectivity index (χ4v) is 5.99. The maximum absolute atomic E-state index is 13.1. The fraction of sp³-hybridized carbons (Fsp3) is 0.222. The van der Waals surface area contributed by atoms with Gasteiger partial charge in [0.05, 0.1) is 22.1 Å². The first-order valence-electron chi connectivity index (χ1n) is 12.0. The number of para-hydroxylation sites is 1. The van der Waals surface area contributed by atoms with Crippen LogP contribution in [0.25, 0.3) is 11.0 Å². The molecular formula is C27H22N6O4. The number of fused-ring (bicyclic) bond motifs is 3. The summed E-state index contributed by atoms with van der Waals surface area (Å²) in [7, 11) is 1.68. The second-order valence-corrected chi connectivity index (χ2v) is 9.87. The zero-order chi connectivity index (χ0) is 25.5. The van der Waals surface area contributed by atoms with Crippen LogP contribution in [0.1, 0.15) is 16.7 Å². The molecule has 4 aromatic rings. The molecule has 1 atom stereocenters. The Hall–Kier alpha value is -4.73. The van der Waals surface area contributed by atoms with Gasteiger partial charge < -0.3 is 15.5 Å². The lowest BCUT2D eigenvalue weighted by Crippen LogP contribution is -2.38. The standard InChI is InChI=1S/C27H22N6O4/c1-31-19-5-2-6-20-23(19)33(14-22(31)35)26(37)32(20)13-21(34)29-17-8-7-15-11-27(12-16(15)10-17)18-4-3-9-28-24(18)30-25(27)36/h2-10H,11-14H2,1H3,(H,29,34)(H,28,30,36)/t27-/m0/s1. The number of aromatic nitrogens is 3. The smallest absolute Gasteiger partial charge is 0.325 e. The highest BCUT2D eigenvalue weighted by atomic mass is 16.2. The molecule has 0 radical (unpaired) electrons. The number of imidazole rings is 1. The number of amides is 3. The van der Waals surface area contributed by atoms with Gasteiger partial charge in [-0.05, 0) is 54.3 Å². The second-order valence-electron chi connectivity index (χ2n) is 9.87. The number of hydrogen-bond acceptors (Lipinski definition) is 5. The number of rotatable bonds is 3. The highest BCUT2D eigenvalue weighted by Gasteiger charge is 2.51. The van der Waals surface area contributed by atoms with Crippen molar-refractivity contribution < 1.29 is 14.4 Å². The molecule has 2 N–H and O–H groups in total. The van der Waals surface area contributed by atoms with Crippen molar-refractivity contribution in [3.8, 4) is 0 Å². The molecule has 1 spiro atoms. The normalized spacial score (nSPS) is 19.3. The van der Waals surface area contributed by atoms with Gasteiger partial charge in [-0.1, -0.05) is 18.2 Å². The summed E-state index contributed by atoms with van der Waals surface area (Å²) in [5.41, 5.74) is 4.38. The van der Waals surface area contributed by atoms with Crippen molar-refractivity contribution in [3.05, 3.63) is 81.9 Å². The van der Waals surface area contributed by atoms with Crippen molar-refractivity contribution in [3.63, 3.8) is 0 Å². The molecule has 3 aliphatic rings. The van der Waals surface area contributed by atoms with E-state index in [4.69, 9.17) is 0 Å². The van der Waals surface area contributed by atoms with Crippen LogP contribution in [0.5, 0.6) is 0 Å². The summed E-state index contributed by atoms with van der Waals surface area (Å²) in [4.78, 5) is 57.3. The Kier molecular flexibility index (Phi) is 4.30. The third kappa shape index (κ3) is 2.95. The largest absolute Gasteiger partial charge is 0.330 e. The maximum atomic E-state index is 13.1. The minimum atomic E-state index is -0.682. The van der Waals surface area contributed by atoms with E-state index >= 15 is 0 Å². The van der Waals surface area contributed by atoms with Crippen LogP contribution in [0.2, 0.25) is 0 Å². The van der Waals surface area contributed by atoms with E-state index in [1.807, 2.05) is 30.3 Å². The molecule has 0 bridgehead atoms. The number of anilines is 3. The van der Waals surface area contributed by atoms with Gasteiger partial charge in [0.25, 0.3) is 0 Å². The monoisotopic (exact) mass is 494 g/mol. The van der Waals surface area contributed by atoms with Crippen molar-refractivity contribution in [1.29, 1.82) is 0 Å². The summed E-state index contributed by atoms with van der Waals surface area (Å²) in [6.45, 7) is -0.248. The van der Waals surface area contributed by atoms with E-state index < -0.39 is 11.1 Å². The van der Waals surface area contributed by atoms with Crippen LogP contribution in [0.15, 0.2) is 59.5 Å². The molecule has 4 heterocycles. The Morgan fingerprint density at radius 1 is 1.08 bits per heavy atom. The minimum absolute atomic E-state index is 0.0559. The molecule has 0 unspecified atom stereocenters. The second kappa shape index (κ2) is 7.39. The zero-order valence-corrected chi connectivity index (χ0v) is 19.9. The molecule has 7 rings (SSSR count). The van der Waals surface area contributed by atoms with E-state index in [0.29, 0.717) is 41.1 Å². The number of hydrogen-bond donors (Lipinski definition) is 2. The lowest BCUT2D eigenvalue weighted by atomic mass is 9.79. The van der Waals surface area contributed by atoms with E-state index in [0.717, 1.165) is 16.7 Å². The van der Waals surface area contributed by atoms with Crippen LogP contribution in [0.3, 0.4) is 0 Å². The molecule has 10 nitrogen and oxygen atoms in total. The van der Waals surface area contributed by atoms with Crippen LogP contribution >= 0.6 is 0 Å². The van der Waals surface area contributed by atoms with Crippen LogP contribution in [0, 0.1) is 0 Å². The van der Waals surface area contributed by atoms with E-state index in [1.165, 1.54) is 14.0 Å². The molecule has 10 heteroatoms. The molecule has 2 aliphatic heterocycles. The summed E-state index contributed by atoms with van der Waals surface area (Å²) in [5, 5.41) is 5.80. The topological polar surface area (TPSA) is 118 Å². The van der Waals surface area contributed by atoms with Gasteiger partial charge in [-0.25, -0.2) is 9.78 Å². The van der Waals surface area contributed by atoms with Crippen molar-refractivity contribution in [1.82, 2.24) is 14.1 Å². The fourth-order valence-electron chi connectivity index (χ4n) is 5.99. The molecular weight excluding hydrogens is 472 g/mol. The average molecular weight is 495 g/mol. The number of nitrogens with one attached hydrogen (secondary N) is 2. The lowest BCUT2D eigenvalue weighted by Gasteiger charge is -2.23. The third-order valence-electron chi connectivity index (χ3n) is 7.81. The van der Waals surface area contributed by atoms with Gasteiger partial charge in [0.2, 0.25) is 17.7 Å². The molecule has 1 aliphatic carbocycles. The quantitative estimate of drug-likeness (QED) is 0.450. The predicted octanol–water partition coefficient (Wildman–Crippen LogP) is 1.80. The van der Waals surface area contributed by atoms with Gasteiger partial charge in [0.1, 0.15) is 18.9 Å². The zero-order valence-electron chi connectivity index (χ0n) is 19.9. The van der Waals surface area contributed by atoms with Crippen LogP contribution in [0.4, 0.5) is 17.2 Å². The Bertz CT molecular complexity index is 1750. The van der Waals surface area contributed by atoms with Crippen molar-refractivity contribution in [2.75, 3.05) is 22.6 Å². The Labute approximate surface area is 210 Å². The maximum Gasteiger partial charge on any atom is 0.330 e. The Morgan fingerprint density at radius 3 is 2.78 bits per heavy atom. The molecule has 0 saturated carbocycles. The first-order chi connectivity index (χ1) is 17.9. The summed E-state index contributed by atoms with van der Waals surface area (Å²) < 4.78 is 2.82. The molecule has 184 valence electrons. The van der Waals surface area contributed by atoms with Gasteiger partial charge in [0.15, 0.2) is 0 Å². The number of benzene rings is 2. The van der Waals surface area contributed by atoms with E-state index in [-0.39, 0.29) is 30.8 Å². The van der Waals surface area contributed by atoms with Crippen molar-refractivity contribution >= 4 is 45.9 Å². The SMILES string of the molecule is CN1C(=O)Cn2c(=O)n(CC(=O)Nc3ccc4c(c3)C[C@]3(C4)C(=O)Nc4ncccc43)c3cccc1c32. The number of nitrogens with zero attached hydrogens (tertiary/aromatic N) is 4. The molecule has 37 heavy (non-hydrogen) atoms. The molecule has 3 amide bonds. The molecule has 2 aromatic carbocycles. The first kappa shape index (κ1) is 21.5. The van der Waals surface area contributed by atoms with Crippen LogP contribution in [-0.4, -0.2) is 38.9 Å². The first-order valence-corrected chi connectivity index (χ1v) is 12.0. The van der Waals surface area contributed by atoms with E-state index in [1.54, 1.807) is 31.4 Å². The number of pyridine rings is 1. The summed E-state index contributed by atoms with van der Waals surface area (Å²) in [5.74, 6) is 0.0129. The van der Waals surface area contributed by atoms with Gasteiger partial charge >= 0.3 is 5.69 Å². The van der Waals surface area contributed by atoms with Crippen LogP contribution < -0.4 is 21.2 Å². The molecule has 0 saturated heterocycles. The Morgan fingerprint density at radius 2 is 1.92 bits per heavy atom. The number of likely N-dealkylation sites (N-methyl/N-ethyl adjacent to an activating group) is 1. The highest BCUT2D eigenvalue weighted by Crippen LogP contribution is 2.46. The highest BCUT2D eigenvalue weighted by molar-refractivity contribution is 6.07.